The van der Waals surface area contributed by atoms with Gasteiger partial charge >= 0.3 is 5.97 Å². The van der Waals surface area contributed by atoms with Crippen LogP contribution in [0.3, 0.4) is 0 Å². The second-order valence-electron chi connectivity index (χ2n) is 4.70. The molecule has 15 heavy (non-hydrogen) atoms. The molecule has 0 aromatic carbocycles. The van der Waals surface area contributed by atoms with Gasteiger partial charge in [0.15, 0.2) is 0 Å². The first-order valence-corrected chi connectivity index (χ1v) is 5.41. The van der Waals surface area contributed by atoms with Crippen molar-refractivity contribution in [2.24, 2.45) is 11.3 Å². The molecule has 1 saturated carbocycles. The van der Waals surface area contributed by atoms with Crippen LogP contribution in [0.1, 0.15) is 40.0 Å². The second-order valence-corrected chi connectivity index (χ2v) is 4.70. The molecular weight excluding hydrogens is 192 g/mol. The molecule has 0 heterocycles. The highest BCUT2D eigenvalue weighted by Crippen LogP contribution is 2.48. The van der Waals surface area contributed by atoms with E-state index in [0.29, 0.717) is 0 Å². The third kappa shape index (κ3) is 1.93. The van der Waals surface area contributed by atoms with E-state index in [-0.39, 0.29) is 5.92 Å². The van der Waals surface area contributed by atoms with E-state index in [1.54, 1.807) is 6.08 Å². The zero-order valence-corrected chi connectivity index (χ0v) is 9.75. The highest BCUT2D eigenvalue weighted by molar-refractivity contribution is 5.66. The number of esters is 1. The highest BCUT2D eigenvalue weighted by atomic mass is 16.7. The van der Waals surface area contributed by atoms with Gasteiger partial charge < -0.3 is 9.84 Å². The summed E-state index contributed by atoms with van der Waals surface area (Å²) >= 11 is 0. The van der Waals surface area contributed by atoms with Gasteiger partial charge in [0.2, 0.25) is 5.79 Å². The fraction of sp³-hybridized carbons (Fsp3) is 0.750. The van der Waals surface area contributed by atoms with Crippen molar-refractivity contribution in [3.05, 3.63) is 12.7 Å². The molecule has 3 heteroatoms. The predicted octanol–water partition coefficient (Wildman–Crippen LogP) is 2.25. The first-order chi connectivity index (χ1) is 6.85. The van der Waals surface area contributed by atoms with Crippen molar-refractivity contribution < 1.29 is 14.6 Å². The van der Waals surface area contributed by atoms with Gasteiger partial charge in [-0.25, -0.2) is 0 Å². The number of aliphatic hydroxyl groups is 1. The lowest BCUT2D eigenvalue weighted by Gasteiger charge is -2.49. The molecule has 0 saturated heterocycles. The van der Waals surface area contributed by atoms with Crippen LogP contribution in [-0.4, -0.2) is 16.9 Å². The van der Waals surface area contributed by atoms with E-state index < -0.39 is 17.2 Å². The number of ether oxygens (including phenoxy) is 1. The van der Waals surface area contributed by atoms with Crippen LogP contribution in [0.15, 0.2) is 12.7 Å². The van der Waals surface area contributed by atoms with Gasteiger partial charge in [-0.3, -0.25) is 4.79 Å². The molecule has 3 atom stereocenters. The number of rotatable bonds is 2. The lowest BCUT2D eigenvalue weighted by atomic mass is 9.66. The molecule has 1 rings (SSSR count). The Morgan fingerprint density at radius 1 is 1.67 bits per heavy atom. The van der Waals surface area contributed by atoms with E-state index in [1.807, 2.05) is 13.8 Å². The van der Waals surface area contributed by atoms with Crippen LogP contribution >= 0.6 is 0 Å². The summed E-state index contributed by atoms with van der Waals surface area (Å²) in [5.74, 6) is -1.91. The van der Waals surface area contributed by atoms with Crippen molar-refractivity contribution in [3.8, 4) is 0 Å². The Bertz CT molecular complexity index is 274. The SMILES string of the molecule is C=C[C@]1(C)CCC[C@@H](C)[C@@]1(O)OC(C)=O. The average molecular weight is 212 g/mol. The van der Waals surface area contributed by atoms with E-state index in [4.69, 9.17) is 4.74 Å². The van der Waals surface area contributed by atoms with Crippen LogP contribution < -0.4 is 0 Å². The monoisotopic (exact) mass is 212 g/mol. The molecule has 0 spiro atoms. The first kappa shape index (κ1) is 12.2. The van der Waals surface area contributed by atoms with Gasteiger partial charge in [0, 0.05) is 12.8 Å². The molecule has 3 nitrogen and oxygen atoms in total. The smallest absolute Gasteiger partial charge is 0.305 e. The topological polar surface area (TPSA) is 46.5 Å². The van der Waals surface area contributed by atoms with Gasteiger partial charge in [-0.15, -0.1) is 6.58 Å². The second kappa shape index (κ2) is 3.97. The fourth-order valence-corrected chi connectivity index (χ4v) is 2.40. The van der Waals surface area contributed by atoms with Gasteiger partial charge in [-0.1, -0.05) is 19.4 Å². The lowest BCUT2D eigenvalue weighted by molar-refractivity contribution is -0.281. The van der Waals surface area contributed by atoms with Crippen LogP contribution in [0.25, 0.3) is 0 Å². The van der Waals surface area contributed by atoms with Crippen molar-refractivity contribution in [1.29, 1.82) is 0 Å². The zero-order chi connectivity index (χ0) is 11.7. The Kier molecular flexibility index (Phi) is 3.24. The molecule has 0 bridgehead atoms. The maximum atomic E-state index is 11.0. The summed E-state index contributed by atoms with van der Waals surface area (Å²) in [5, 5.41) is 10.5. The Morgan fingerprint density at radius 3 is 2.73 bits per heavy atom. The molecule has 0 aromatic rings. The molecule has 1 aliphatic rings. The van der Waals surface area contributed by atoms with Gasteiger partial charge in [-0.05, 0) is 19.8 Å². The Labute approximate surface area is 91.1 Å². The summed E-state index contributed by atoms with van der Waals surface area (Å²) < 4.78 is 5.14. The number of hydrogen-bond acceptors (Lipinski definition) is 3. The van der Waals surface area contributed by atoms with Gasteiger partial charge in [0.1, 0.15) is 0 Å². The largest absolute Gasteiger partial charge is 0.432 e. The molecule has 0 amide bonds. The van der Waals surface area contributed by atoms with Crippen LogP contribution in [0.5, 0.6) is 0 Å². The third-order valence-corrected chi connectivity index (χ3v) is 3.57. The Morgan fingerprint density at radius 2 is 2.27 bits per heavy atom. The van der Waals surface area contributed by atoms with Gasteiger partial charge in [-0.2, -0.15) is 0 Å². The van der Waals surface area contributed by atoms with Crippen molar-refractivity contribution in [1.82, 2.24) is 0 Å². The number of hydrogen-bond donors (Lipinski definition) is 1. The molecular formula is C12H20O3. The van der Waals surface area contributed by atoms with E-state index in [2.05, 4.69) is 6.58 Å². The summed E-state index contributed by atoms with van der Waals surface area (Å²) in [6.07, 6.45) is 4.39. The molecule has 1 aliphatic carbocycles. The molecule has 1 N–H and O–H groups in total. The molecule has 1 fully saturated rings. The quantitative estimate of drug-likeness (QED) is 0.434. The van der Waals surface area contributed by atoms with Gasteiger partial charge in [0.05, 0.1) is 5.41 Å². The molecule has 0 aliphatic heterocycles. The molecule has 0 radical (unpaired) electrons. The lowest BCUT2D eigenvalue weighted by Crippen LogP contribution is -2.55. The highest BCUT2D eigenvalue weighted by Gasteiger charge is 2.53. The molecule has 0 unspecified atom stereocenters. The summed E-state index contributed by atoms with van der Waals surface area (Å²) in [6, 6.07) is 0. The zero-order valence-electron chi connectivity index (χ0n) is 9.75. The standard InChI is InChI=1S/C12H20O3/c1-5-11(4)8-6-7-9(2)12(11,14)15-10(3)13/h5,9,14H,1,6-8H2,2-4H3/t9-,11-,12-/m1/s1. The maximum absolute atomic E-state index is 11.0. The van der Waals surface area contributed by atoms with Crippen LogP contribution in [0, 0.1) is 11.3 Å². The van der Waals surface area contributed by atoms with Crippen LogP contribution in [-0.2, 0) is 9.53 Å². The minimum absolute atomic E-state index is 0.0573. The van der Waals surface area contributed by atoms with Crippen molar-refractivity contribution >= 4 is 5.97 Å². The summed E-state index contributed by atoms with van der Waals surface area (Å²) in [6.45, 7) is 8.86. The average Bonchev–Trinajstić information content (AvgIpc) is 2.14. The van der Waals surface area contributed by atoms with Crippen molar-refractivity contribution in [2.45, 2.75) is 45.8 Å². The Hall–Kier alpha value is -0.830. The normalized spacial score (nSPS) is 40.9. The third-order valence-electron chi connectivity index (χ3n) is 3.57. The van der Waals surface area contributed by atoms with Crippen LogP contribution in [0.2, 0.25) is 0 Å². The first-order valence-electron chi connectivity index (χ1n) is 5.41. The summed E-state index contributed by atoms with van der Waals surface area (Å²) in [7, 11) is 0. The van der Waals surface area contributed by atoms with Crippen LogP contribution in [0.4, 0.5) is 0 Å². The predicted molar refractivity (Wildman–Crippen MR) is 58.0 cm³/mol. The fourth-order valence-electron chi connectivity index (χ4n) is 2.40. The van der Waals surface area contributed by atoms with E-state index in [1.165, 1.54) is 6.92 Å². The molecule has 86 valence electrons. The van der Waals surface area contributed by atoms with Crippen molar-refractivity contribution in [3.63, 3.8) is 0 Å². The maximum Gasteiger partial charge on any atom is 0.305 e. The Balaban J connectivity index is 3.04. The minimum atomic E-state index is -1.40. The minimum Gasteiger partial charge on any atom is -0.432 e. The van der Waals surface area contributed by atoms with E-state index in [9.17, 15) is 9.90 Å². The van der Waals surface area contributed by atoms with Gasteiger partial charge in [0.25, 0.3) is 0 Å². The number of carbonyl (C=O) groups excluding carboxylic acids is 1. The summed E-state index contributed by atoms with van der Waals surface area (Å²) in [5.41, 5.74) is -0.545. The van der Waals surface area contributed by atoms with Crippen molar-refractivity contribution in [2.75, 3.05) is 0 Å². The van der Waals surface area contributed by atoms with E-state index >= 15 is 0 Å². The van der Waals surface area contributed by atoms with E-state index in [0.717, 1.165) is 19.3 Å². The number of carbonyl (C=O) groups is 1. The summed E-state index contributed by atoms with van der Waals surface area (Å²) in [4.78, 5) is 11.0. The molecule has 0 aromatic heterocycles.